The van der Waals surface area contributed by atoms with E-state index in [1.807, 2.05) is 0 Å². The minimum Gasteiger partial charge on any atom is -0.382 e. The first-order chi connectivity index (χ1) is 5.27. The van der Waals surface area contributed by atoms with Crippen molar-refractivity contribution in [2.24, 2.45) is 5.92 Å². The van der Waals surface area contributed by atoms with E-state index in [0.29, 0.717) is 6.61 Å². The van der Waals surface area contributed by atoms with Crippen LogP contribution in [-0.2, 0) is 9.47 Å². The van der Waals surface area contributed by atoms with Crippen molar-refractivity contribution in [3.8, 4) is 12.3 Å². The first-order valence-electron chi connectivity index (χ1n) is 3.64. The lowest BCUT2D eigenvalue weighted by atomic mass is 9.91. The molecule has 0 saturated carbocycles. The monoisotopic (exact) mass is 150 g/mol. The van der Waals surface area contributed by atoms with Gasteiger partial charge >= 0.3 is 0 Å². The van der Waals surface area contributed by atoms with Gasteiger partial charge in [-0.1, -0.05) is 0 Å². The molecule has 3 atom stereocenters. The molecule has 3 heteroatoms. The average Bonchev–Trinajstić information content (AvgIpc) is 2.32. The van der Waals surface area contributed by atoms with Gasteiger partial charge in [0, 0.05) is 13.1 Å². The van der Waals surface area contributed by atoms with Crippen molar-refractivity contribution >= 4 is 7.85 Å². The van der Waals surface area contributed by atoms with Crippen molar-refractivity contribution in [3.63, 3.8) is 0 Å². The van der Waals surface area contributed by atoms with Gasteiger partial charge in [0.2, 0.25) is 0 Å². The lowest BCUT2D eigenvalue weighted by Gasteiger charge is -2.12. The van der Waals surface area contributed by atoms with Crippen molar-refractivity contribution in [1.29, 1.82) is 0 Å². The van der Waals surface area contributed by atoms with E-state index in [4.69, 9.17) is 23.7 Å². The fraction of sp³-hybridized carbons (Fsp3) is 0.750. The molecule has 58 valence electrons. The summed E-state index contributed by atoms with van der Waals surface area (Å²) in [6.07, 6.45) is 6.00. The van der Waals surface area contributed by atoms with E-state index in [1.165, 1.54) is 0 Å². The van der Waals surface area contributed by atoms with Gasteiger partial charge in [0.1, 0.15) is 7.85 Å². The molecule has 0 aromatic carbocycles. The molecule has 0 aliphatic carbocycles. The van der Waals surface area contributed by atoms with Crippen LogP contribution in [0, 0.1) is 18.3 Å². The predicted molar refractivity (Wildman–Crippen MR) is 43.2 cm³/mol. The van der Waals surface area contributed by atoms with Gasteiger partial charge in [0.25, 0.3) is 0 Å². The van der Waals surface area contributed by atoms with Gasteiger partial charge in [0.15, 0.2) is 0 Å². The van der Waals surface area contributed by atoms with Crippen molar-refractivity contribution in [1.82, 2.24) is 0 Å². The van der Waals surface area contributed by atoms with Crippen molar-refractivity contribution < 1.29 is 9.47 Å². The smallest absolute Gasteiger partial charge is 0.109 e. The van der Waals surface area contributed by atoms with Crippen LogP contribution in [0.25, 0.3) is 0 Å². The Kier molecular flexibility index (Phi) is 2.98. The largest absolute Gasteiger partial charge is 0.382 e. The Morgan fingerprint density at radius 2 is 2.55 bits per heavy atom. The van der Waals surface area contributed by atoms with Gasteiger partial charge in [-0.2, -0.15) is 0 Å². The molecule has 0 spiro atoms. The summed E-state index contributed by atoms with van der Waals surface area (Å²) in [6, 6.07) is -0.212. The molecule has 0 aromatic rings. The highest BCUT2D eigenvalue weighted by Gasteiger charge is 2.30. The van der Waals surface area contributed by atoms with E-state index in [-0.39, 0.29) is 18.0 Å². The van der Waals surface area contributed by atoms with Crippen LogP contribution in [0.4, 0.5) is 0 Å². The van der Waals surface area contributed by atoms with E-state index in [1.54, 1.807) is 7.11 Å². The number of ether oxygens (including phenoxy) is 2. The first-order valence-corrected chi connectivity index (χ1v) is 3.64. The van der Waals surface area contributed by atoms with Crippen LogP contribution in [0.3, 0.4) is 0 Å². The second-order valence-electron chi connectivity index (χ2n) is 2.68. The number of methoxy groups -OCH3 is 1. The molecule has 1 fully saturated rings. The Bertz CT molecular complexity index is 164. The Labute approximate surface area is 68.7 Å². The van der Waals surface area contributed by atoms with Gasteiger partial charge in [-0.15, -0.1) is 12.3 Å². The normalized spacial score (nSPS) is 36.9. The Balaban J connectivity index is 2.45. The second kappa shape index (κ2) is 3.80. The highest BCUT2D eigenvalue weighted by Crippen LogP contribution is 2.24. The molecule has 0 aromatic heterocycles. The van der Waals surface area contributed by atoms with Crippen LogP contribution in [0.15, 0.2) is 0 Å². The van der Waals surface area contributed by atoms with Crippen LogP contribution in [-0.4, -0.2) is 33.7 Å². The van der Waals surface area contributed by atoms with Crippen LogP contribution >= 0.6 is 0 Å². The molecule has 11 heavy (non-hydrogen) atoms. The van der Waals surface area contributed by atoms with Gasteiger partial charge in [-0.25, -0.2) is 0 Å². The SMILES string of the molecule is [B][C@H]1CC(C#C)[C@@H](COC)O1. The molecule has 1 aliphatic heterocycles. The molecule has 1 aliphatic rings. The fourth-order valence-corrected chi connectivity index (χ4v) is 1.27. The molecule has 0 N–H and O–H groups in total. The minimum atomic E-state index is -0.212. The summed E-state index contributed by atoms with van der Waals surface area (Å²) in [5, 5.41) is 0. The predicted octanol–water partition coefficient (Wildman–Crippen LogP) is 0.166. The maximum atomic E-state index is 5.55. The third kappa shape index (κ3) is 1.98. The summed E-state index contributed by atoms with van der Waals surface area (Å²) in [6.45, 7) is 0.530. The van der Waals surface area contributed by atoms with E-state index >= 15 is 0 Å². The molecule has 1 heterocycles. The molecule has 0 amide bonds. The lowest BCUT2D eigenvalue weighted by molar-refractivity contribution is 0.0168. The van der Waals surface area contributed by atoms with E-state index in [0.717, 1.165) is 6.42 Å². The topological polar surface area (TPSA) is 18.5 Å². The Morgan fingerprint density at radius 3 is 3.09 bits per heavy atom. The highest BCUT2D eigenvalue weighted by molar-refractivity contribution is 6.11. The zero-order valence-electron chi connectivity index (χ0n) is 6.62. The summed E-state index contributed by atoms with van der Waals surface area (Å²) < 4.78 is 10.2. The standard InChI is InChI=1S/C8H11BO2/c1-3-6-4-8(9)11-7(6)5-10-2/h1,6-8H,4-5H2,2H3/t6?,7-,8-/m1/s1. The number of hydrogen-bond donors (Lipinski definition) is 0. The second-order valence-corrected chi connectivity index (χ2v) is 2.68. The maximum absolute atomic E-state index is 5.55. The first kappa shape index (κ1) is 8.64. The van der Waals surface area contributed by atoms with Gasteiger partial charge in [-0.05, 0) is 6.42 Å². The number of hydrogen-bond acceptors (Lipinski definition) is 2. The summed E-state index contributed by atoms with van der Waals surface area (Å²) in [5.74, 6) is 2.76. The van der Waals surface area contributed by atoms with Crippen molar-refractivity contribution in [3.05, 3.63) is 0 Å². The zero-order valence-corrected chi connectivity index (χ0v) is 6.62. The molecule has 2 nitrogen and oxygen atoms in total. The summed E-state index contributed by atoms with van der Waals surface area (Å²) in [5.41, 5.74) is 0. The third-order valence-electron chi connectivity index (χ3n) is 1.83. The quantitative estimate of drug-likeness (QED) is 0.412. The van der Waals surface area contributed by atoms with Gasteiger partial charge in [0.05, 0.1) is 18.6 Å². The Hall–Kier alpha value is -0.455. The van der Waals surface area contributed by atoms with E-state index in [2.05, 4.69) is 5.92 Å². The van der Waals surface area contributed by atoms with Crippen LogP contribution < -0.4 is 0 Å². The maximum Gasteiger partial charge on any atom is 0.109 e. The number of rotatable bonds is 2. The number of terminal acetylenes is 1. The molecule has 0 bridgehead atoms. The lowest BCUT2D eigenvalue weighted by Crippen LogP contribution is -2.21. The molecule has 1 saturated heterocycles. The summed E-state index contributed by atoms with van der Waals surface area (Å²) in [4.78, 5) is 0. The molecular weight excluding hydrogens is 139 g/mol. The Morgan fingerprint density at radius 1 is 1.82 bits per heavy atom. The van der Waals surface area contributed by atoms with Crippen LogP contribution in [0.1, 0.15) is 6.42 Å². The summed E-state index contributed by atoms with van der Waals surface area (Å²) >= 11 is 0. The third-order valence-corrected chi connectivity index (χ3v) is 1.83. The van der Waals surface area contributed by atoms with Crippen LogP contribution in [0.2, 0.25) is 0 Å². The molecular formula is C8H11BO2. The van der Waals surface area contributed by atoms with E-state index < -0.39 is 0 Å². The molecule has 2 radical (unpaired) electrons. The minimum absolute atomic E-state index is 0.0139. The van der Waals surface area contributed by atoms with E-state index in [9.17, 15) is 0 Å². The van der Waals surface area contributed by atoms with Crippen molar-refractivity contribution in [2.45, 2.75) is 18.5 Å². The summed E-state index contributed by atoms with van der Waals surface area (Å²) in [7, 11) is 7.17. The fourth-order valence-electron chi connectivity index (χ4n) is 1.27. The zero-order chi connectivity index (χ0) is 8.27. The van der Waals surface area contributed by atoms with Gasteiger partial charge in [-0.3, -0.25) is 0 Å². The molecule has 1 unspecified atom stereocenters. The average molecular weight is 150 g/mol. The van der Waals surface area contributed by atoms with Gasteiger partial charge < -0.3 is 9.47 Å². The van der Waals surface area contributed by atoms with Crippen LogP contribution in [0.5, 0.6) is 0 Å². The highest BCUT2D eigenvalue weighted by atomic mass is 16.5. The van der Waals surface area contributed by atoms with Crippen molar-refractivity contribution in [2.75, 3.05) is 13.7 Å². The molecule has 1 rings (SSSR count).